The fourth-order valence-corrected chi connectivity index (χ4v) is 1.68. The van der Waals surface area contributed by atoms with Crippen LogP contribution in [0.3, 0.4) is 0 Å². The number of nitrogens with zero attached hydrogens (tertiary/aromatic N) is 1. The van der Waals surface area contributed by atoms with Gasteiger partial charge >= 0.3 is 5.97 Å². The summed E-state index contributed by atoms with van der Waals surface area (Å²) in [4.78, 5) is 12.5. The van der Waals surface area contributed by atoms with Crippen LogP contribution >= 0.6 is 0 Å². The summed E-state index contributed by atoms with van der Waals surface area (Å²) in [7, 11) is 0. The Labute approximate surface area is 118 Å². The highest BCUT2D eigenvalue weighted by Gasteiger charge is 2.27. The van der Waals surface area contributed by atoms with Crippen molar-refractivity contribution in [2.75, 3.05) is 19.7 Å². The van der Waals surface area contributed by atoms with Crippen LogP contribution in [-0.4, -0.2) is 30.6 Å². The summed E-state index contributed by atoms with van der Waals surface area (Å²) in [6.07, 6.45) is 0. The smallest absolute Gasteiger partial charge is 0.320 e. The summed E-state index contributed by atoms with van der Waals surface area (Å²) in [6, 6.07) is 0. The molecule has 1 aromatic rings. The van der Waals surface area contributed by atoms with Gasteiger partial charge in [0.15, 0.2) is 23.3 Å². The second-order valence-electron chi connectivity index (χ2n) is 4.16. The predicted octanol–water partition coefficient (Wildman–Crippen LogP) is 2.77. The van der Waals surface area contributed by atoms with Gasteiger partial charge in [-0.05, 0) is 13.5 Å². The number of halogens is 5. The van der Waals surface area contributed by atoms with E-state index in [-0.39, 0.29) is 19.7 Å². The molecule has 0 aliphatic rings. The zero-order valence-corrected chi connectivity index (χ0v) is 11.5. The highest BCUT2D eigenvalue weighted by Crippen LogP contribution is 2.24. The number of carbonyl (C=O) groups is 1. The Morgan fingerprint density at radius 2 is 1.43 bits per heavy atom. The van der Waals surface area contributed by atoms with Gasteiger partial charge in [0, 0.05) is 12.1 Å². The molecule has 0 bridgehead atoms. The fraction of sp³-hybridized carbons (Fsp3) is 0.462. The Kier molecular flexibility index (Phi) is 6.07. The maximum Gasteiger partial charge on any atom is 0.320 e. The minimum atomic E-state index is -2.21. The lowest BCUT2D eigenvalue weighted by Gasteiger charge is -2.20. The minimum absolute atomic E-state index is 0.124. The number of benzene rings is 1. The van der Waals surface area contributed by atoms with Gasteiger partial charge in [0.25, 0.3) is 0 Å². The standard InChI is InChI=1S/C13H14F5NO2/c1-3-19(6-8(20)21-4-2)5-7-9(14)11(16)13(18)12(17)10(7)15/h3-6H2,1-2H3. The van der Waals surface area contributed by atoms with E-state index in [9.17, 15) is 26.7 Å². The first-order chi connectivity index (χ1) is 9.83. The maximum absolute atomic E-state index is 13.5. The van der Waals surface area contributed by atoms with Crippen molar-refractivity contribution in [1.82, 2.24) is 4.90 Å². The number of ether oxygens (including phenoxy) is 1. The lowest BCUT2D eigenvalue weighted by Crippen LogP contribution is -2.31. The largest absolute Gasteiger partial charge is 0.465 e. The van der Waals surface area contributed by atoms with Gasteiger partial charge in [0.05, 0.1) is 13.2 Å². The van der Waals surface area contributed by atoms with Crippen LogP contribution < -0.4 is 0 Å². The lowest BCUT2D eigenvalue weighted by atomic mass is 10.1. The van der Waals surface area contributed by atoms with E-state index in [1.807, 2.05) is 0 Å². The molecule has 0 aliphatic carbocycles. The molecule has 1 aromatic carbocycles. The molecule has 0 atom stereocenters. The number of carbonyl (C=O) groups excluding carboxylic acids is 1. The van der Waals surface area contributed by atoms with Crippen molar-refractivity contribution in [3.8, 4) is 0 Å². The van der Waals surface area contributed by atoms with Crippen LogP contribution in [0.4, 0.5) is 22.0 Å². The zero-order chi connectivity index (χ0) is 16.2. The lowest BCUT2D eigenvalue weighted by molar-refractivity contribution is -0.144. The van der Waals surface area contributed by atoms with Gasteiger partial charge < -0.3 is 4.74 Å². The van der Waals surface area contributed by atoms with Gasteiger partial charge in [0.1, 0.15) is 0 Å². The molecule has 1 rings (SSSR count). The minimum Gasteiger partial charge on any atom is -0.465 e. The van der Waals surface area contributed by atoms with Gasteiger partial charge in [0.2, 0.25) is 5.82 Å². The van der Waals surface area contributed by atoms with Crippen molar-refractivity contribution < 1.29 is 31.5 Å². The molecule has 0 aromatic heterocycles. The molecule has 0 radical (unpaired) electrons. The highest BCUT2D eigenvalue weighted by molar-refractivity contribution is 5.71. The van der Waals surface area contributed by atoms with E-state index in [1.165, 1.54) is 4.90 Å². The van der Waals surface area contributed by atoms with Crippen LogP contribution in [0.25, 0.3) is 0 Å². The molecule has 0 fully saturated rings. The number of rotatable bonds is 6. The predicted molar refractivity (Wildman–Crippen MR) is 63.8 cm³/mol. The van der Waals surface area contributed by atoms with Crippen molar-refractivity contribution in [3.05, 3.63) is 34.6 Å². The molecule has 8 heteroatoms. The second-order valence-corrected chi connectivity index (χ2v) is 4.16. The summed E-state index contributed by atoms with van der Waals surface area (Å²) in [6.45, 7) is 2.53. The van der Waals surface area contributed by atoms with Crippen LogP contribution in [0, 0.1) is 29.1 Å². The van der Waals surface area contributed by atoms with Gasteiger partial charge in [-0.25, -0.2) is 22.0 Å². The van der Waals surface area contributed by atoms with Gasteiger partial charge in [-0.2, -0.15) is 0 Å². The maximum atomic E-state index is 13.5. The van der Waals surface area contributed by atoms with Crippen LogP contribution in [0.5, 0.6) is 0 Å². The van der Waals surface area contributed by atoms with Crippen LogP contribution in [0.1, 0.15) is 19.4 Å². The van der Waals surface area contributed by atoms with E-state index in [4.69, 9.17) is 0 Å². The molecule has 0 spiro atoms. The summed E-state index contributed by atoms with van der Waals surface area (Å²) < 4.78 is 70.8. The van der Waals surface area contributed by atoms with Crippen molar-refractivity contribution in [2.45, 2.75) is 20.4 Å². The molecular formula is C13H14F5NO2. The Hall–Kier alpha value is -1.70. The summed E-state index contributed by atoms with van der Waals surface area (Å²) in [5.41, 5.74) is -0.974. The molecule has 0 unspecified atom stereocenters. The van der Waals surface area contributed by atoms with E-state index in [0.717, 1.165) is 0 Å². The second kappa shape index (κ2) is 7.35. The Morgan fingerprint density at radius 1 is 0.952 bits per heavy atom. The Balaban J connectivity index is 3.03. The molecule has 0 saturated heterocycles. The highest BCUT2D eigenvalue weighted by atomic mass is 19.2. The van der Waals surface area contributed by atoms with Crippen molar-refractivity contribution in [1.29, 1.82) is 0 Å². The third kappa shape index (κ3) is 3.90. The first-order valence-corrected chi connectivity index (χ1v) is 6.21. The molecule has 3 nitrogen and oxygen atoms in total. The van der Waals surface area contributed by atoms with Crippen molar-refractivity contribution >= 4 is 5.97 Å². The zero-order valence-electron chi connectivity index (χ0n) is 11.5. The molecule has 118 valence electrons. The molecule has 0 amide bonds. The normalized spacial score (nSPS) is 11.0. The van der Waals surface area contributed by atoms with E-state index in [1.54, 1.807) is 13.8 Å². The first-order valence-electron chi connectivity index (χ1n) is 6.21. The van der Waals surface area contributed by atoms with E-state index in [2.05, 4.69) is 4.74 Å². The van der Waals surface area contributed by atoms with E-state index < -0.39 is 47.2 Å². The average molecular weight is 311 g/mol. The van der Waals surface area contributed by atoms with E-state index >= 15 is 0 Å². The topological polar surface area (TPSA) is 29.5 Å². The quantitative estimate of drug-likeness (QED) is 0.350. The monoisotopic (exact) mass is 311 g/mol. The summed E-state index contributed by atoms with van der Waals surface area (Å²) in [5, 5.41) is 0. The van der Waals surface area contributed by atoms with E-state index in [0.29, 0.717) is 0 Å². The summed E-state index contributed by atoms with van der Waals surface area (Å²) >= 11 is 0. The number of hydrogen-bond donors (Lipinski definition) is 0. The number of esters is 1. The van der Waals surface area contributed by atoms with Crippen LogP contribution in [0.2, 0.25) is 0 Å². The molecule has 0 saturated carbocycles. The van der Waals surface area contributed by atoms with Crippen molar-refractivity contribution in [3.63, 3.8) is 0 Å². The first kappa shape index (κ1) is 17.4. The molecular weight excluding hydrogens is 297 g/mol. The average Bonchev–Trinajstić information content (AvgIpc) is 2.46. The fourth-order valence-electron chi connectivity index (χ4n) is 1.68. The van der Waals surface area contributed by atoms with Gasteiger partial charge in [-0.15, -0.1) is 0 Å². The molecule has 21 heavy (non-hydrogen) atoms. The summed E-state index contributed by atoms with van der Waals surface area (Å²) in [5.74, 6) is -10.7. The Morgan fingerprint density at radius 3 is 1.86 bits per heavy atom. The van der Waals surface area contributed by atoms with Crippen LogP contribution in [-0.2, 0) is 16.1 Å². The SMILES string of the molecule is CCOC(=O)CN(CC)Cc1c(F)c(F)c(F)c(F)c1F. The third-order valence-corrected chi connectivity index (χ3v) is 2.79. The third-order valence-electron chi connectivity index (χ3n) is 2.79. The molecule has 0 heterocycles. The number of likely N-dealkylation sites (N-methyl/N-ethyl adjacent to an activating group) is 1. The number of hydrogen-bond acceptors (Lipinski definition) is 3. The van der Waals surface area contributed by atoms with Gasteiger partial charge in [-0.3, -0.25) is 9.69 Å². The van der Waals surface area contributed by atoms with Gasteiger partial charge in [-0.1, -0.05) is 6.92 Å². The molecule has 0 N–H and O–H groups in total. The van der Waals surface area contributed by atoms with Crippen LogP contribution in [0.15, 0.2) is 0 Å². The molecule has 0 aliphatic heterocycles. The Bertz CT molecular complexity index is 507. The van der Waals surface area contributed by atoms with Crippen molar-refractivity contribution in [2.24, 2.45) is 0 Å².